The van der Waals surface area contributed by atoms with E-state index in [2.05, 4.69) is 10.6 Å². The number of carboxylic acids is 1. The Morgan fingerprint density at radius 2 is 1.90 bits per heavy atom. The molecule has 0 aromatic rings. The summed E-state index contributed by atoms with van der Waals surface area (Å²) in [5, 5.41) is 14.5. The minimum Gasteiger partial charge on any atom is -0.481 e. The van der Waals surface area contributed by atoms with Crippen LogP contribution < -0.4 is 10.6 Å². The summed E-state index contributed by atoms with van der Waals surface area (Å²) in [5.41, 5.74) is 0. The third kappa shape index (κ3) is 3.65. The SMILES string of the molecule is CNC(=O)C1CCCN1C(=O)NC1CCCC(C(=O)O)C1. The van der Waals surface area contributed by atoms with Gasteiger partial charge >= 0.3 is 12.0 Å². The average molecular weight is 297 g/mol. The molecule has 1 saturated carbocycles. The lowest BCUT2D eigenvalue weighted by Crippen LogP contribution is -2.52. The molecule has 0 radical (unpaired) electrons. The summed E-state index contributed by atoms with van der Waals surface area (Å²) in [7, 11) is 1.56. The van der Waals surface area contributed by atoms with Gasteiger partial charge in [-0.2, -0.15) is 0 Å². The van der Waals surface area contributed by atoms with Gasteiger partial charge in [-0.15, -0.1) is 0 Å². The normalized spacial score (nSPS) is 29.0. The van der Waals surface area contributed by atoms with Crippen molar-refractivity contribution in [1.29, 1.82) is 0 Å². The van der Waals surface area contributed by atoms with E-state index in [9.17, 15) is 14.4 Å². The van der Waals surface area contributed by atoms with E-state index >= 15 is 0 Å². The van der Waals surface area contributed by atoms with Crippen molar-refractivity contribution in [3.05, 3.63) is 0 Å². The second-order valence-electron chi connectivity index (χ2n) is 5.81. The minimum absolute atomic E-state index is 0.113. The number of amides is 3. The van der Waals surface area contributed by atoms with Crippen LogP contribution in [0.2, 0.25) is 0 Å². The maximum Gasteiger partial charge on any atom is 0.318 e. The van der Waals surface area contributed by atoms with Crippen molar-refractivity contribution >= 4 is 17.9 Å². The number of carboxylic acid groups (broad SMARTS) is 1. The summed E-state index contributed by atoms with van der Waals surface area (Å²) >= 11 is 0. The Bertz CT molecular complexity index is 426. The predicted molar refractivity (Wildman–Crippen MR) is 75.7 cm³/mol. The summed E-state index contributed by atoms with van der Waals surface area (Å²) in [6, 6.07) is -0.774. The largest absolute Gasteiger partial charge is 0.481 e. The molecule has 7 heteroatoms. The van der Waals surface area contributed by atoms with E-state index in [-0.39, 0.29) is 23.9 Å². The lowest BCUT2D eigenvalue weighted by atomic mass is 9.86. The molecule has 1 heterocycles. The van der Waals surface area contributed by atoms with E-state index in [0.29, 0.717) is 25.8 Å². The zero-order valence-corrected chi connectivity index (χ0v) is 12.3. The molecular formula is C14H23N3O4. The van der Waals surface area contributed by atoms with Crippen molar-refractivity contribution in [3.63, 3.8) is 0 Å². The Morgan fingerprint density at radius 1 is 1.14 bits per heavy atom. The molecular weight excluding hydrogens is 274 g/mol. The van der Waals surface area contributed by atoms with Crippen molar-refractivity contribution in [3.8, 4) is 0 Å². The third-order valence-corrected chi connectivity index (χ3v) is 4.41. The van der Waals surface area contributed by atoms with Gasteiger partial charge in [-0.1, -0.05) is 6.42 Å². The van der Waals surface area contributed by atoms with E-state index in [0.717, 1.165) is 19.3 Å². The van der Waals surface area contributed by atoms with Gasteiger partial charge < -0.3 is 20.6 Å². The first-order valence-corrected chi connectivity index (χ1v) is 7.54. The van der Waals surface area contributed by atoms with Gasteiger partial charge in [0.05, 0.1) is 5.92 Å². The van der Waals surface area contributed by atoms with E-state index in [4.69, 9.17) is 5.11 Å². The maximum absolute atomic E-state index is 12.3. The van der Waals surface area contributed by atoms with Crippen LogP contribution >= 0.6 is 0 Å². The molecule has 2 aliphatic rings. The molecule has 1 saturated heterocycles. The quantitative estimate of drug-likeness (QED) is 0.708. The van der Waals surface area contributed by atoms with E-state index in [1.165, 1.54) is 0 Å². The molecule has 0 bridgehead atoms. The third-order valence-electron chi connectivity index (χ3n) is 4.41. The average Bonchev–Trinajstić information content (AvgIpc) is 2.96. The molecule has 7 nitrogen and oxygen atoms in total. The van der Waals surface area contributed by atoms with Crippen LogP contribution in [0.5, 0.6) is 0 Å². The van der Waals surface area contributed by atoms with Crippen molar-refractivity contribution in [2.75, 3.05) is 13.6 Å². The number of carbonyl (C=O) groups is 3. The van der Waals surface area contributed by atoms with Crippen LogP contribution in [0.4, 0.5) is 4.79 Å². The Labute approximate surface area is 124 Å². The summed E-state index contributed by atoms with van der Waals surface area (Å²) in [5.74, 6) is -1.31. The molecule has 3 atom stereocenters. The fourth-order valence-electron chi connectivity index (χ4n) is 3.25. The number of likely N-dealkylation sites (N-methyl/N-ethyl adjacent to an activating group) is 1. The van der Waals surface area contributed by atoms with Gasteiger partial charge in [-0.05, 0) is 32.1 Å². The lowest BCUT2D eigenvalue weighted by Gasteiger charge is -2.30. The van der Waals surface area contributed by atoms with Crippen LogP contribution in [0.15, 0.2) is 0 Å². The Kier molecular flexibility index (Phi) is 5.03. The number of rotatable bonds is 3. The number of carbonyl (C=O) groups excluding carboxylic acids is 2. The Hall–Kier alpha value is -1.79. The molecule has 1 aliphatic heterocycles. The highest BCUT2D eigenvalue weighted by Crippen LogP contribution is 2.25. The molecule has 1 aliphatic carbocycles. The number of hydrogen-bond donors (Lipinski definition) is 3. The van der Waals surface area contributed by atoms with Crippen molar-refractivity contribution in [2.24, 2.45) is 5.92 Å². The highest BCUT2D eigenvalue weighted by atomic mass is 16.4. The van der Waals surface area contributed by atoms with Crippen molar-refractivity contribution < 1.29 is 19.5 Å². The van der Waals surface area contributed by atoms with Gasteiger partial charge in [0.2, 0.25) is 5.91 Å². The summed E-state index contributed by atoms with van der Waals surface area (Å²) in [6.07, 6.45) is 4.24. The van der Waals surface area contributed by atoms with Gasteiger partial charge in [-0.3, -0.25) is 9.59 Å². The first kappa shape index (κ1) is 15.6. The number of nitrogens with zero attached hydrogens (tertiary/aromatic N) is 1. The highest BCUT2D eigenvalue weighted by molar-refractivity contribution is 5.87. The number of hydrogen-bond acceptors (Lipinski definition) is 3. The summed E-state index contributed by atoms with van der Waals surface area (Å²) < 4.78 is 0. The molecule has 2 rings (SSSR count). The van der Waals surface area contributed by atoms with Crippen LogP contribution in [-0.2, 0) is 9.59 Å². The van der Waals surface area contributed by atoms with Gasteiger partial charge in [0.1, 0.15) is 6.04 Å². The van der Waals surface area contributed by atoms with Gasteiger partial charge in [0.25, 0.3) is 0 Å². The lowest BCUT2D eigenvalue weighted by molar-refractivity contribution is -0.143. The zero-order chi connectivity index (χ0) is 15.4. The van der Waals surface area contributed by atoms with Gasteiger partial charge in [0.15, 0.2) is 0 Å². The zero-order valence-electron chi connectivity index (χ0n) is 12.3. The fraction of sp³-hybridized carbons (Fsp3) is 0.786. The van der Waals surface area contributed by atoms with Crippen LogP contribution in [0, 0.1) is 5.92 Å². The second kappa shape index (κ2) is 6.78. The Balaban J connectivity index is 1.91. The van der Waals surface area contributed by atoms with Crippen LogP contribution in [0.3, 0.4) is 0 Å². The summed E-state index contributed by atoms with van der Waals surface area (Å²) in [6.45, 7) is 0.568. The molecule has 118 valence electrons. The topological polar surface area (TPSA) is 98.7 Å². The summed E-state index contributed by atoms with van der Waals surface area (Å²) in [4.78, 5) is 36.7. The number of urea groups is 1. The fourth-order valence-corrected chi connectivity index (χ4v) is 3.25. The minimum atomic E-state index is -0.793. The van der Waals surface area contributed by atoms with E-state index in [1.54, 1.807) is 11.9 Å². The molecule has 2 fully saturated rings. The molecule has 0 aromatic heterocycles. The molecule has 0 spiro atoms. The maximum atomic E-state index is 12.3. The number of aliphatic carboxylic acids is 1. The molecule has 3 N–H and O–H groups in total. The van der Waals surface area contributed by atoms with Crippen LogP contribution in [0.1, 0.15) is 38.5 Å². The predicted octanol–water partition coefficient (Wildman–Crippen LogP) is 0.550. The monoisotopic (exact) mass is 297 g/mol. The van der Waals surface area contributed by atoms with Gasteiger partial charge in [0, 0.05) is 19.6 Å². The molecule has 0 aromatic carbocycles. The highest BCUT2D eigenvalue weighted by Gasteiger charge is 2.35. The second-order valence-corrected chi connectivity index (χ2v) is 5.81. The smallest absolute Gasteiger partial charge is 0.318 e. The molecule has 21 heavy (non-hydrogen) atoms. The van der Waals surface area contributed by atoms with Crippen LogP contribution in [-0.4, -0.2) is 53.6 Å². The van der Waals surface area contributed by atoms with Crippen LogP contribution in [0.25, 0.3) is 0 Å². The first-order chi connectivity index (χ1) is 10.0. The van der Waals surface area contributed by atoms with Gasteiger partial charge in [-0.25, -0.2) is 4.79 Å². The first-order valence-electron chi connectivity index (χ1n) is 7.54. The van der Waals surface area contributed by atoms with E-state index in [1.807, 2.05) is 0 Å². The van der Waals surface area contributed by atoms with Crippen molar-refractivity contribution in [2.45, 2.75) is 50.6 Å². The number of likely N-dealkylation sites (tertiary alicyclic amines) is 1. The van der Waals surface area contributed by atoms with E-state index < -0.39 is 12.0 Å². The molecule has 3 unspecified atom stereocenters. The molecule has 3 amide bonds. The standard InChI is InChI=1S/C14H23N3O4/c1-15-12(18)11-6-3-7-17(11)14(21)16-10-5-2-4-9(8-10)13(19)20/h9-11H,2-8H2,1H3,(H,15,18)(H,16,21)(H,19,20). The Morgan fingerprint density at radius 3 is 2.57 bits per heavy atom. The van der Waals surface area contributed by atoms with Crippen molar-refractivity contribution in [1.82, 2.24) is 15.5 Å². The number of nitrogens with one attached hydrogen (secondary N) is 2.